The van der Waals surface area contributed by atoms with E-state index in [0.29, 0.717) is 12.0 Å². The molecule has 2 rings (SSSR count). The van der Waals surface area contributed by atoms with Crippen LogP contribution in [0.3, 0.4) is 0 Å². The Balaban J connectivity index is 1.94. The summed E-state index contributed by atoms with van der Waals surface area (Å²) in [6.07, 6.45) is 2.31. The molecule has 2 nitrogen and oxygen atoms in total. The van der Waals surface area contributed by atoms with E-state index in [2.05, 4.69) is 34.8 Å². The normalized spacial score (nSPS) is 23.6. The lowest BCUT2D eigenvalue weighted by molar-refractivity contribution is 0.0949. The molecule has 0 radical (unpaired) electrons. The largest absolute Gasteiger partial charge is 0.349 e. The van der Waals surface area contributed by atoms with E-state index in [1.165, 1.54) is 0 Å². The Hall–Kier alpha value is -0.580. The highest BCUT2D eigenvalue weighted by molar-refractivity contribution is 14.1. The summed E-state index contributed by atoms with van der Waals surface area (Å²) < 4.78 is 1.15. The summed E-state index contributed by atoms with van der Waals surface area (Å²) in [5, 5.41) is 3.05. The van der Waals surface area contributed by atoms with Crippen LogP contribution in [0.4, 0.5) is 0 Å². The number of benzene rings is 1. The molecule has 2 unspecified atom stereocenters. The van der Waals surface area contributed by atoms with Crippen LogP contribution in [0.1, 0.15) is 30.1 Å². The van der Waals surface area contributed by atoms with E-state index in [1.54, 1.807) is 0 Å². The van der Waals surface area contributed by atoms with Crippen molar-refractivity contribution in [3.05, 3.63) is 33.4 Å². The average Bonchev–Trinajstić information content (AvgIpc) is 2.97. The Morgan fingerprint density at radius 2 is 2.13 bits per heavy atom. The van der Waals surface area contributed by atoms with E-state index in [4.69, 9.17) is 0 Å². The molecule has 1 amide bonds. The molecule has 1 aromatic rings. The monoisotopic (exact) mass is 315 g/mol. The summed E-state index contributed by atoms with van der Waals surface area (Å²) in [5.41, 5.74) is 0.761. The molecular formula is C12H14INO. The summed E-state index contributed by atoms with van der Waals surface area (Å²) in [6, 6.07) is 8.09. The first kappa shape index (κ1) is 10.9. The molecule has 3 heteroatoms. The summed E-state index contributed by atoms with van der Waals surface area (Å²) in [5.74, 6) is 0.769. The Bertz CT molecular complexity index is 360. The van der Waals surface area contributed by atoms with Gasteiger partial charge in [0.05, 0.1) is 0 Å². The SMILES string of the molecule is CCC1CC1NC(=O)c1ccc(I)cc1. The highest BCUT2D eigenvalue weighted by Gasteiger charge is 2.36. The van der Waals surface area contributed by atoms with E-state index < -0.39 is 0 Å². The van der Waals surface area contributed by atoms with Crippen LogP contribution in [-0.2, 0) is 0 Å². The fourth-order valence-corrected chi connectivity index (χ4v) is 2.09. The molecule has 1 aliphatic rings. The van der Waals surface area contributed by atoms with Crippen molar-refractivity contribution >= 4 is 28.5 Å². The molecule has 0 spiro atoms. The van der Waals surface area contributed by atoms with Crippen molar-refractivity contribution in [1.29, 1.82) is 0 Å². The molecule has 1 fully saturated rings. The first-order valence-electron chi connectivity index (χ1n) is 5.27. The van der Waals surface area contributed by atoms with Crippen molar-refractivity contribution in [3.63, 3.8) is 0 Å². The Morgan fingerprint density at radius 3 is 2.67 bits per heavy atom. The number of amides is 1. The van der Waals surface area contributed by atoms with Gasteiger partial charge in [0.15, 0.2) is 0 Å². The number of rotatable bonds is 3. The lowest BCUT2D eigenvalue weighted by Crippen LogP contribution is -2.26. The number of halogens is 1. The topological polar surface area (TPSA) is 29.1 Å². The number of carbonyl (C=O) groups is 1. The van der Waals surface area contributed by atoms with E-state index in [0.717, 1.165) is 22.0 Å². The highest BCUT2D eigenvalue weighted by Crippen LogP contribution is 2.33. The van der Waals surface area contributed by atoms with Crippen molar-refractivity contribution in [1.82, 2.24) is 5.32 Å². The van der Waals surface area contributed by atoms with Gasteiger partial charge in [-0.25, -0.2) is 0 Å². The molecule has 0 bridgehead atoms. The van der Waals surface area contributed by atoms with Crippen molar-refractivity contribution in [3.8, 4) is 0 Å². The molecule has 80 valence electrons. The van der Waals surface area contributed by atoms with Gasteiger partial charge in [-0.1, -0.05) is 13.3 Å². The maximum absolute atomic E-state index is 11.8. The molecule has 0 heterocycles. The molecule has 15 heavy (non-hydrogen) atoms. The van der Waals surface area contributed by atoms with Gasteiger partial charge in [-0.2, -0.15) is 0 Å². The second-order valence-corrected chi connectivity index (χ2v) is 5.24. The Labute approximate surface area is 104 Å². The van der Waals surface area contributed by atoms with Gasteiger partial charge in [0.1, 0.15) is 0 Å². The molecule has 1 aromatic carbocycles. The molecule has 0 aliphatic heterocycles. The third-order valence-electron chi connectivity index (χ3n) is 2.87. The van der Waals surface area contributed by atoms with Crippen LogP contribution in [0.5, 0.6) is 0 Å². The lowest BCUT2D eigenvalue weighted by atomic mass is 10.2. The third-order valence-corrected chi connectivity index (χ3v) is 3.59. The molecule has 1 saturated carbocycles. The second kappa shape index (κ2) is 4.51. The van der Waals surface area contributed by atoms with Gasteiger partial charge in [0, 0.05) is 15.2 Å². The fraction of sp³-hybridized carbons (Fsp3) is 0.417. The number of hydrogen-bond donors (Lipinski definition) is 1. The quantitative estimate of drug-likeness (QED) is 0.854. The zero-order valence-corrected chi connectivity index (χ0v) is 10.8. The van der Waals surface area contributed by atoms with Gasteiger partial charge in [-0.05, 0) is 59.2 Å². The predicted molar refractivity (Wildman–Crippen MR) is 68.8 cm³/mol. The molecule has 0 aromatic heterocycles. The van der Waals surface area contributed by atoms with E-state index >= 15 is 0 Å². The number of hydrogen-bond acceptors (Lipinski definition) is 1. The Kier molecular flexibility index (Phi) is 3.29. The first-order chi connectivity index (χ1) is 7.20. The van der Waals surface area contributed by atoms with Crippen molar-refractivity contribution < 1.29 is 4.79 Å². The summed E-state index contributed by atoms with van der Waals surface area (Å²) in [6.45, 7) is 2.17. The van der Waals surface area contributed by atoms with Crippen LogP contribution >= 0.6 is 22.6 Å². The van der Waals surface area contributed by atoms with Gasteiger partial charge < -0.3 is 5.32 Å². The highest BCUT2D eigenvalue weighted by atomic mass is 127. The van der Waals surface area contributed by atoms with Crippen LogP contribution in [-0.4, -0.2) is 11.9 Å². The summed E-state index contributed by atoms with van der Waals surface area (Å²) >= 11 is 2.24. The molecular weight excluding hydrogens is 301 g/mol. The Morgan fingerprint density at radius 1 is 1.47 bits per heavy atom. The maximum Gasteiger partial charge on any atom is 0.251 e. The van der Waals surface area contributed by atoms with E-state index in [-0.39, 0.29) is 5.91 Å². The van der Waals surface area contributed by atoms with Crippen molar-refractivity contribution in [2.24, 2.45) is 5.92 Å². The molecule has 2 atom stereocenters. The number of nitrogens with one attached hydrogen (secondary N) is 1. The van der Waals surface area contributed by atoms with Gasteiger partial charge in [-0.3, -0.25) is 4.79 Å². The van der Waals surface area contributed by atoms with Crippen molar-refractivity contribution in [2.45, 2.75) is 25.8 Å². The van der Waals surface area contributed by atoms with E-state index in [1.807, 2.05) is 24.3 Å². The fourth-order valence-electron chi connectivity index (χ4n) is 1.73. The zero-order chi connectivity index (χ0) is 10.8. The lowest BCUT2D eigenvalue weighted by Gasteiger charge is -2.03. The summed E-state index contributed by atoms with van der Waals surface area (Å²) in [7, 11) is 0. The molecule has 0 saturated heterocycles. The van der Waals surface area contributed by atoms with Crippen molar-refractivity contribution in [2.75, 3.05) is 0 Å². The van der Waals surface area contributed by atoms with Crippen LogP contribution in [0.15, 0.2) is 24.3 Å². The minimum atomic E-state index is 0.0624. The predicted octanol–water partition coefficient (Wildman–Crippen LogP) is 2.82. The standard InChI is InChI=1S/C12H14INO/c1-2-8-7-11(8)14-12(15)9-3-5-10(13)6-4-9/h3-6,8,11H,2,7H2,1H3,(H,14,15). The maximum atomic E-state index is 11.8. The number of carbonyl (C=O) groups excluding carboxylic acids is 1. The smallest absolute Gasteiger partial charge is 0.251 e. The minimum absolute atomic E-state index is 0.0624. The van der Waals surface area contributed by atoms with Gasteiger partial charge in [-0.15, -0.1) is 0 Å². The second-order valence-electron chi connectivity index (χ2n) is 3.99. The summed E-state index contributed by atoms with van der Waals surface area (Å²) in [4.78, 5) is 11.8. The van der Waals surface area contributed by atoms with Crippen LogP contribution in [0, 0.1) is 9.49 Å². The van der Waals surface area contributed by atoms with Crippen LogP contribution in [0.2, 0.25) is 0 Å². The van der Waals surface area contributed by atoms with Gasteiger partial charge >= 0.3 is 0 Å². The minimum Gasteiger partial charge on any atom is -0.349 e. The zero-order valence-electron chi connectivity index (χ0n) is 8.66. The first-order valence-corrected chi connectivity index (χ1v) is 6.35. The molecule has 1 N–H and O–H groups in total. The van der Waals surface area contributed by atoms with Gasteiger partial charge in [0.2, 0.25) is 0 Å². The average molecular weight is 315 g/mol. The third kappa shape index (κ3) is 2.71. The van der Waals surface area contributed by atoms with Crippen LogP contribution in [0.25, 0.3) is 0 Å². The van der Waals surface area contributed by atoms with Crippen LogP contribution < -0.4 is 5.32 Å². The van der Waals surface area contributed by atoms with E-state index in [9.17, 15) is 4.79 Å². The molecule has 1 aliphatic carbocycles. The van der Waals surface area contributed by atoms with Gasteiger partial charge in [0.25, 0.3) is 5.91 Å².